The molecule has 3 heteroatoms. The maximum atomic E-state index is 12.4. The van der Waals surface area contributed by atoms with Crippen LogP contribution in [0.15, 0.2) is 78.0 Å². The van der Waals surface area contributed by atoms with E-state index in [2.05, 4.69) is 67.7 Å². The van der Waals surface area contributed by atoms with E-state index in [0.717, 1.165) is 18.4 Å². The van der Waals surface area contributed by atoms with Gasteiger partial charge in [0, 0.05) is 12.2 Å². The van der Waals surface area contributed by atoms with Crippen LogP contribution in [-0.2, 0) is 24.2 Å². The van der Waals surface area contributed by atoms with Gasteiger partial charge >= 0.3 is 0 Å². The normalized spacial score (nSPS) is 12.3. The molecular formula is C24H30N2O. The van der Waals surface area contributed by atoms with Crippen molar-refractivity contribution in [2.45, 2.75) is 40.2 Å². The zero-order valence-corrected chi connectivity index (χ0v) is 16.5. The van der Waals surface area contributed by atoms with Gasteiger partial charge in [0.05, 0.1) is 5.57 Å². The number of benzene rings is 2. The monoisotopic (exact) mass is 362 g/mol. The fourth-order valence-corrected chi connectivity index (χ4v) is 2.71. The summed E-state index contributed by atoms with van der Waals surface area (Å²) in [5, 5.41) is 2.95. The number of hydrogen-bond acceptors (Lipinski definition) is 2. The second-order valence-electron chi connectivity index (χ2n) is 7.18. The molecule has 2 aromatic rings. The van der Waals surface area contributed by atoms with Crippen LogP contribution in [0.2, 0.25) is 0 Å². The molecule has 0 saturated carbocycles. The minimum Gasteiger partial charge on any atom is -0.402 e. The van der Waals surface area contributed by atoms with Crippen LogP contribution in [0.25, 0.3) is 0 Å². The van der Waals surface area contributed by atoms with Gasteiger partial charge in [0.1, 0.15) is 0 Å². The third-order valence-electron chi connectivity index (χ3n) is 4.34. The zero-order chi connectivity index (χ0) is 19.6. The molecule has 2 aromatic carbocycles. The Morgan fingerprint density at radius 2 is 1.52 bits per heavy atom. The van der Waals surface area contributed by atoms with Gasteiger partial charge in [0.25, 0.3) is 5.91 Å². The van der Waals surface area contributed by atoms with Gasteiger partial charge in [0.15, 0.2) is 0 Å². The Hall–Kier alpha value is -2.81. The molecule has 3 nitrogen and oxygen atoms in total. The number of rotatable bonds is 8. The van der Waals surface area contributed by atoms with Crippen LogP contribution in [0.3, 0.4) is 0 Å². The molecule has 0 aromatic heterocycles. The summed E-state index contributed by atoms with van der Waals surface area (Å²) in [6.07, 6.45) is 5.83. The van der Waals surface area contributed by atoms with E-state index in [1.165, 1.54) is 11.1 Å². The highest BCUT2D eigenvalue weighted by Gasteiger charge is 2.09. The fourth-order valence-electron chi connectivity index (χ4n) is 2.71. The summed E-state index contributed by atoms with van der Waals surface area (Å²) >= 11 is 0. The van der Waals surface area contributed by atoms with Crippen LogP contribution in [0.5, 0.6) is 0 Å². The summed E-state index contributed by atoms with van der Waals surface area (Å²) in [5.74, 6) is 0.232. The zero-order valence-electron chi connectivity index (χ0n) is 16.5. The van der Waals surface area contributed by atoms with Crippen LogP contribution < -0.4 is 11.1 Å². The molecular weight excluding hydrogens is 332 g/mol. The molecule has 0 fully saturated rings. The number of nitrogens with one attached hydrogen (secondary N) is 1. The van der Waals surface area contributed by atoms with E-state index in [-0.39, 0.29) is 5.91 Å². The predicted molar refractivity (Wildman–Crippen MR) is 113 cm³/mol. The summed E-state index contributed by atoms with van der Waals surface area (Å²) < 4.78 is 0. The number of aryl methyl sites for hydroxylation is 2. The molecule has 27 heavy (non-hydrogen) atoms. The van der Waals surface area contributed by atoms with E-state index in [1.807, 2.05) is 18.2 Å². The third kappa shape index (κ3) is 7.14. The number of carbonyl (C=O) groups excluding carboxylic acids is 1. The Balaban J connectivity index is 1.88. The Kier molecular flexibility index (Phi) is 7.87. The fraction of sp³-hybridized carbons (Fsp3) is 0.292. The number of amides is 1. The smallest absolute Gasteiger partial charge is 0.253 e. The molecule has 0 unspecified atom stereocenters. The Morgan fingerprint density at radius 1 is 0.963 bits per heavy atom. The van der Waals surface area contributed by atoms with Crippen molar-refractivity contribution in [1.82, 2.24) is 5.32 Å². The van der Waals surface area contributed by atoms with Crippen molar-refractivity contribution in [3.8, 4) is 0 Å². The lowest BCUT2D eigenvalue weighted by atomic mass is 10.0. The van der Waals surface area contributed by atoms with Crippen molar-refractivity contribution in [3.05, 3.63) is 94.7 Å². The van der Waals surface area contributed by atoms with Gasteiger partial charge in [-0.05, 0) is 42.4 Å². The van der Waals surface area contributed by atoms with E-state index in [9.17, 15) is 4.79 Å². The SMILES string of the molecule is C/C(N)=C(\C=C/C(C)C)C(=O)NCc1ccc(CCc2ccccc2)cc1. The molecule has 0 bridgehead atoms. The third-order valence-corrected chi connectivity index (χ3v) is 4.34. The first-order valence-electron chi connectivity index (χ1n) is 9.50. The standard InChI is InChI=1S/C24H30N2O/c1-18(2)9-16-23(19(3)25)24(27)26-17-22-14-12-21(13-15-22)11-10-20-7-5-4-6-8-20/h4-9,12-16,18H,10-11,17,25H2,1-3H3,(H,26,27)/b16-9-,23-19-. The number of allylic oxidation sites excluding steroid dienone is 2. The molecule has 0 atom stereocenters. The van der Waals surface area contributed by atoms with Gasteiger partial charge in [-0.2, -0.15) is 0 Å². The molecule has 0 saturated heterocycles. The van der Waals surface area contributed by atoms with Gasteiger partial charge in [-0.15, -0.1) is 0 Å². The van der Waals surface area contributed by atoms with E-state index < -0.39 is 0 Å². The highest BCUT2D eigenvalue weighted by Crippen LogP contribution is 2.10. The first-order chi connectivity index (χ1) is 13.0. The topological polar surface area (TPSA) is 55.1 Å². The van der Waals surface area contributed by atoms with E-state index in [0.29, 0.717) is 23.7 Å². The van der Waals surface area contributed by atoms with Crippen LogP contribution in [0.1, 0.15) is 37.5 Å². The summed E-state index contributed by atoms with van der Waals surface area (Å²) in [6.45, 7) is 6.37. The lowest BCUT2D eigenvalue weighted by Gasteiger charge is -2.09. The summed E-state index contributed by atoms with van der Waals surface area (Å²) in [5.41, 5.74) is 10.6. The number of carbonyl (C=O) groups is 1. The maximum absolute atomic E-state index is 12.4. The van der Waals surface area contributed by atoms with Crippen LogP contribution in [0, 0.1) is 5.92 Å². The molecule has 0 spiro atoms. The van der Waals surface area contributed by atoms with Gasteiger partial charge in [-0.25, -0.2) is 0 Å². The summed E-state index contributed by atoms with van der Waals surface area (Å²) in [6, 6.07) is 18.9. The van der Waals surface area contributed by atoms with Crippen molar-refractivity contribution in [2.75, 3.05) is 0 Å². The molecule has 2 rings (SSSR count). The Labute approximate surface area is 163 Å². The lowest BCUT2D eigenvalue weighted by molar-refractivity contribution is -0.117. The number of nitrogens with two attached hydrogens (primary N) is 1. The first kappa shape index (κ1) is 20.5. The quantitative estimate of drug-likeness (QED) is 0.535. The number of hydrogen-bond donors (Lipinski definition) is 2. The van der Waals surface area contributed by atoms with Gasteiger partial charge in [0.2, 0.25) is 0 Å². The lowest BCUT2D eigenvalue weighted by Crippen LogP contribution is -2.25. The minimum atomic E-state index is -0.139. The van der Waals surface area contributed by atoms with Crippen molar-refractivity contribution in [2.24, 2.45) is 11.7 Å². The molecule has 0 aliphatic rings. The van der Waals surface area contributed by atoms with Crippen molar-refractivity contribution >= 4 is 5.91 Å². The molecule has 0 aliphatic carbocycles. The van der Waals surface area contributed by atoms with Gasteiger partial charge < -0.3 is 11.1 Å². The van der Waals surface area contributed by atoms with Gasteiger partial charge in [-0.1, -0.05) is 80.6 Å². The van der Waals surface area contributed by atoms with E-state index >= 15 is 0 Å². The minimum absolute atomic E-state index is 0.139. The summed E-state index contributed by atoms with van der Waals surface area (Å²) in [7, 11) is 0. The van der Waals surface area contributed by atoms with E-state index in [1.54, 1.807) is 6.92 Å². The van der Waals surface area contributed by atoms with Crippen LogP contribution in [-0.4, -0.2) is 5.91 Å². The molecule has 0 aliphatic heterocycles. The van der Waals surface area contributed by atoms with Crippen molar-refractivity contribution in [3.63, 3.8) is 0 Å². The molecule has 0 heterocycles. The van der Waals surface area contributed by atoms with Gasteiger partial charge in [-0.3, -0.25) is 4.79 Å². The Bertz CT molecular complexity index is 783. The maximum Gasteiger partial charge on any atom is 0.253 e. The average molecular weight is 363 g/mol. The average Bonchev–Trinajstić information content (AvgIpc) is 2.66. The second-order valence-corrected chi connectivity index (χ2v) is 7.18. The molecule has 3 N–H and O–H groups in total. The summed E-state index contributed by atoms with van der Waals surface area (Å²) in [4.78, 5) is 12.4. The van der Waals surface area contributed by atoms with Crippen LogP contribution in [0.4, 0.5) is 0 Å². The largest absolute Gasteiger partial charge is 0.402 e. The van der Waals surface area contributed by atoms with Crippen molar-refractivity contribution in [1.29, 1.82) is 0 Å². The molecule has 0 radical (unpaired) electrons. The highest BCUT2D eigenvalue weighted by atomic mass is 16.1. The Morgan fingerprint density at radius 3 is 2.07 bits per heavy atom. The molecule has 142 valence electrons. The van der Waals surface area contributed by atoms with E-state index in [4.69, 9.17) is 5.73 Å². The first-order valence-corrected chi connectivity index (χ1v) is 9.50. The second kappa shape index (κ2) is 10.4. The van der Waals surface area contributed by atoms with Crippen LogP contribution >= 0.6 is 0 Å². The highest BCUT2D eigenvalue weighted by molar-refractivity contribution is 5.96. The predicted octanol–water partition coefficient (Wildman–Crippen LogP) is 4.53. The molecule has 1 amide bonds. The van der Waals surface area contributed by atoms with Crippen molar-refractivity contribution < 1.29 is 4.79 Å².